The lowest BCUT2D eigenvalue weighted by molar-refractivity contribution is 0.253. The molecule has 0 unspecified atom stereocenters. The van der Waals surface area contributed by atoms with E-state index in [1.807, 2.05) is 36.4 Å². The summed E-state index contributed by atoms with van der Waals surface area (Å²) in [7, 11) is 0. The number of hydrogen-bond donors (Lipinski definition) is 0. The molecule has 1 aromatic rings. The molecule has 0 aliphatic carbocycles. The molecule has 0 saturated carbocycles. The van der Waals surface area contributed by atoms with Crippen molar-refractivity contribution < 1.29 is 4.84 Å². The molecule has 2 aliphatic heterocycles. The number of allylic oxidation sites excluding steroid dienone is 2. The molecule has 2 heterocycles. The van der Waals surface area contributed by atoms with E-state index in [-0.39, 0.29) is 0 Å². The molecule has 0 radical (unpaired) electrons. The van der Waals surface area contributed by atoms with Crippen molar-refractivity contribution in [1.82, 2.24) is 0 Å². The van der Waals surface area contributed by atoms with Crippen LogP contribution in [0.2, 0.25) is 0 Å². The molecule has 2 aliphatic rings. The van der Waals surface area contributed by atoms with Crippen molar-refractivity contribution in [2.75, 3.05) is 0 Å². The molecular weight excluding hydrogens is 188 g/mol. The Kier molecular flexibility index (Phi) is 1.75. The molecule has 0 N–H and O–H groups in total. The smallest absolute Gasteiger partial charge is 0.122 e. The van der Waals surface area contributed by atoms with Crippen LogP contribution in [0.15, 0.2) is 40.7 Å². The lowest BCUT2D eigenvalue weighted by Crippen LogP contribution is -2.15. The first-order chi connectivity index (χ1) is 7.45. The third-order valence-electron chi connectivity index (χ3n) is 2.35. The van der Waals surface area contributed by atoms with Crippen LogP contribution in [-0.4, -0.2) is 6.21 Å². The number of benzene rings is 1. The van der Waals surface area contributed by atoms with Crippen molar-refractivity contribution in [1.29, 1.82) is 0 Å². The molecule has 0 atom stereocenters. The predicted octanol–water partition coefficient (Wildman–Crippen LogP) is 1.27. The molecule has 3 heteroatoms. The maximum Gasteiger partial charge on any atom is 0.122 e. The highest BCUT2D eigenvalue weighted by atomic mass is 16.6. The lowest BCUT2D eigenvalue weighted by Gasteiger charge is -2.05. The molecule has 3 rings (SSSR count). The maximum absolute atomic E-state index is 4.88. The fraction of sp³-hybridized carbons (Fsp3) is 0. The van der Waals surface area contributed by atoms with Crippen LogP contribution in [0.4, 0.5) is 5.69 Å². The topological polar surface area (TPSA) is 34.0 Å². The minimum Gasteiger partial charge on any atom is -0.364 e. The molecule has 1 aromatic carbocycles. The standard InChI is InChI=1S/C12H8N2O/c1-2-7-13-12-9(3-1)4-5-11-10(12)6-8-15-14-11/h1-8H. The fourth-order valence-electron chi connectivity index (χ4n) is 1.65. The van der Waals surface area contributed by atoms with Gasteiger partial charge < -0.3 is 4.84 Å². The highest BCUT2D eigenvalue weighted by Crippen LogP contribution is 2.14. The van der Waals surface area contributed by atoms with Gasteiger partial charge >= 0.3 is 0 Å². The van der Waals surface area contributed by atoms with Crippen LogP contribution in [0.5, 0.6) is 0 Å². The van der Waals surface area contributed by atoms with Gasteiger partial charge in [-0.1, -0.05) is 23.4 Å². The number of hydrogen-bond acceptors (Lipinski definition) is 3. The van der Waals surface area contributed by atoms with Crippen molar-refractivity contribution in [2.45, 2.75) is 0 Å². The first kappa shape index (κ1) is 8.17. The van der Waals surface area contributed by atoms with Crippen LogP contribution in [0.1, 0.15) is 5.56 Å². The quantitative estimate of drug-likeness (QED) is 0.615. The summed E-state index contributed by atoms with van der Waals surface area (Å²) in [5.41, 5.74) is 1.95. The lowest BCUT2D eigenvalue weighted by atomic mass is 10.1. The van der Waals surface area contributed by atoms with Crippen molar-refractivity contribution in [3.63, 3.8) is 0 Å². The summed E-state index contributed by atoms with van der Waals surface area (Å²) in [5.74, 6) is 0. The van der Waals surface area contributed by atoms with Gasteiger partial charge in [0, 0.05) is 17.0 Å². The van der Waals surface area contributed by atoms with Crippen molar-refractivity contribution in [3.05, 3.63) is 46.7 Å². The van der Waals surface area contributed by atoms with Crippen LogP contribution in [0, 0.1) is 0 Å². The van der Waals surface area contributed by atoms with Gasteiger partial charge in [0.15, 0.2) is 0 Å². The van der Waals surface area contributed by atoms with Crippen LogP contribution >= 0.6 is 0 Å². The van der Waals surface area contributed by atoms with Gasteiger partial charge in [-0.05, 0) is 18.2 Å². The largest absolute Gasteiger partial charge is 0.364 e. The van der Waals surface area contributed by atoms with Crippen molar-refractivity contribution in [3.8, 4) is 0 Å². The van der Waals surface area contributed by atoms with Crippen LogP contribution < -0.4 is 10.6 Å². The van der Waals surface area contributed by atoms with Gasteiger partial charge in [-0.3, -0.25) is 4.99 Å². The van der Waals surface area contributed by atoms with Gasteiger partial charge in [0.25, 0.3) is 0 Å². The van der Waals surface area contributed by atoms with E-state index in [1.54, 1.807) is 12.5 Å². The van der Waals surface area contributed by atoms with E-state index in [0.717, 1.165) is 21.8 Å². The normalized spacial score (nSPS) is 15.5. The van der Waals surface area contributed by atoms with Gasteiger partial charge in [-0.15, -0.1) is 0 Å². The van der Waals surface area contributed by atoms with E-state index in [4.69, 9.17) is 4.84 Å². The zero-order valence-corrected chi connectivity index (χ0v) is 7.92. The molecule has 0 amide bonds. The monoisotopic (exact) mass is 196 g/mol. The molecule has 72 valence electrons. The van der Waals surface area contributed by atoms with Crippen molar-refractivity contribution >= 4 is 24.1 Å². The molecule has 15 heavy (non-hydrogen) atoms. The van der Waals surface area contributed by atoms with Gasteiger partial charge in [0.2, 0.25) is 0 Å². The summed E-state index contributed by atoms with van der Waals surface area (Å²) in [6, 6.07) is 3.93. The van der Waals surface area contributed by atoms with Gasteiger partial charge in [-0.2, -0.15) is 0 Å². The third kappa shape index (κ3) is 1.29. The SMILES string of the molecule is C1=CC=c2ccc3c(c2N=C1)C=CON=3. The second-order valence-corrected chi connectivity index (χ2v) is 3.27. The molecule has 0 fully saturated rings. The zero-order chi connectivity index (χ0) is 10.1. The van der Waals surface area contributed by atoms with Gasteiger partial charge in [-0.25, -0.2) is 0 Å². The molecule has 0 saturated heterocycles. The fourth-order valence-corrected chi connectivity index (χ4v) is 1.65. The summed E-state index contributed by atoms with van der Waals surface area (Å²) in [5, 5.41) is 5.86. The van der Waals surface area contributed by atoms with Gasteiger partial charge in [0.05, 0.1) is 5.69 Å². The van der Waals surface area contributed by atoms with E-state index in [9.17, 15) is 0 Å². The van der Waals surface area contributed by atoms with Crippen LogP contribution in [-0.2, 0) is 4.84 Å². The summed E-state index contributed by atoms with van der Waals surface area (Å²) in [6.45, 7) is 0. The first-order valence-corrected chi connectivity index (χ1v) is 4.70. The Balaban J connectivity index is 2.44. The number of aliphatic imine (C=N–C) groups is 1. The number of nitrogens with zero attached hydrogens (tertiary/aromatic N) is 2. The van der Waals surface area contributed by atoms with Gasteiger partial charge in [0.1, 0.15) is 11.6 Å². The minimum absolute atomic E-state index is 0.823. The highest BCUT2D eigenvalue weighted by molar-refractivity contribution is 5.81. The zero-order valence-electron chi connectivity index (χ0n) is 7.92. The Morgan fingerprint density at radius 2 is 2.13 bits per heavy atom. The van der Waals surface area contributed by atoms with E-state index in [2.05, 4.69) is 10.1 Å². The second-order valence-electron chi connectivity index (χ2n) is 3.27. The average molecular weight is 196 g/mol. The van der Waals surface area contributed by atoms with E-state index < -0.39 is 0 Å². The first-order valence-electron chi connectivity index (χ1n) is 4.70. The van der Waals surface area contributed by atoms with E-state index in [1.165, 1.54) is 0 Å². The molecule has 0 aromatic heterocycles. The molecule has 3 nitrogen and oxygen atoms in total. The van der Waals surface area contributed by atoms with E-state index in [0.29, 0.717) is 0 Å². The van der Waals surface area contributed by atoms with Crippen molar-refractivity contribution in [2.24, 2.45) is 10.1 Å². The maximum atomic E-state index is 4.88. The number of rotatable bonds is 0. The minimum atomic E-state index is 0.823. The molecular formula is C12H8N2O. The summed E-state index contributed by atoms with van der Waals surface area (Å²) in [4.78, 5) is 9.28. The Morgan fingerprint density at radius 3 is 3.13 bits per heavy atom. The third-order valence-corrected chi connectivity index (χ3v) is 2.35. The highest BCUT2D eigenvalue weighted by Gasteiger charge is 2.06. The Bertz CT molecular complexity index is 609. The molecule has 0 spiro atoms. The van der Waals surface area contributed by atoms with Crippen LogP contribution in [0.3, 0.4) is 0 Å². The Morgan fingerprint density at radius 1 is 1.13 bits per heavy atom. The molecule has 0 bridgehead atoms. The predicted molar refractivity (Wildman–Crippen MR) is 59.1 cm³/mol. The summed E-state index contributed by atoms with van der Waals surface area (Å²) in [6.07, 6.45) is 11.2. The summed E-state index contributed by atoms with van der Waals surface area (Å²) < 4.78 is 0. The Hall–Kier alpha value is -2.16. The number of fused-ring (bicyclic) bond motifs is 3. The Labute approximate surface area is 86.4 Å². The van der Waals surface area contributed by atoms with E-state index >= 15 is 0 Å². The summed E-state index contributed by atoms with van der Waals surface area (Å²) >= 11 is 0. The average Bonchev–Trinajstić information content (AvgIpc) is 2.54. The van der Waals surface area contributed by atoms with Crippen LogP contribution in [0.25, 0.3) is 12.2 Å². The second kappa shape index (κ2) is 3.20.